The fourth-order valence-electron chi connectivity index (χ4n) is 1.17. The fourth-order valence-corrected chi connectivity index (χ4v) is 1.17. The first-order chi connectivity index (χ1) is 6.30. The normalized spacial score (nSPS) is 14.4. The average molecular weight is 207 g/mol. The maximum Gasteiger partial charge on any atom is 0.435 e. The van der Waals surface area contributed by atoms with Crippen molar-refractivity contribution in [1.29, 1.82) is 0 Å². The number of halogens is 3. The molecule has 0 spiro atoms. The zero-order valence-electron chi connectivity index (χ0n) is 7.97. The largest absolute Gasteiger partial charge is 0.435 e. The van der Waals surface area contributed by atoms with Crippen LogP contribution in [0.4, 0.5) is 13.2 Å². The summed E-state index contributed by atoms with van der Waals surface area (Å²) < 4.78 is 37.8. The number of nitrogens with two attached hydrogens (primary N) is 1. The van der Waals surface area contributed by atoms with Crippen LogP contribution in [0.15, 0.2) is 6.07 Å². The van der Waals surface area contributed by atoms with Gasteiger partial charge in [-0.2, -0.15) is 18.3 Å². The van der Waals surface area contributed by atoms with Gasteiger partial charge in [0.2, 0.25) is 0 Å². The quantitative estimate of drug-likeness (QED) is 0.795. The Balaban J connectivity index is 2.94. The Labute approximate surface area is 79.7 Å². The highest BCUT2D eigenvalue weighted by Gasteiger charge is 2.34. The Morgan fingerprint density at radius 1 is 1.57 bits per heavy atom. The van der Waals surface area contributed by atoms with Crippen LogP contribution in [0.25, 0.3) is 0 Å². The first kappa shape index (κ1) is 11.0. The summed E-state index contributed by atoms with van der Waals surface area (Å²) in [6, 6.07) is 0.857. The zero-order chi connectivity index (χ0) is 10.9. The molecular formula is C8H12F3N3. The summed E-state index contributed by atoms with van der Waals surface area (Å²) in [5, 5.41) is 3.37. The Bertz CT molecular complexity index is 314. The van der Waals surface area contributed by atoms with Crippen molar-refractivity contribution in [3.05, 3.63) is 17.5 Å². The average Bonchev–Trinajstić information content (AvgIpc) is 2.30. The molecule has 0 aliphatic rings. The SMILES string of the molecule is C[C@@H](N)Cc1cc(C(F)(F)F)nn1C. The summed E-state index contributed by atoms with van der Waals surface area (Å²) in [6.45, 7) is 1.74. The molecule has 1 rings (SSSR count). The van der Waals surface area contributed by atoms with Crippen LogP contribution >= 0.6 is 0 Å². The van der Waals surface area contributed by atoms with Crippen LogP contribution < -0.4 is 5.73 Å². The van der Waals surface area contributed by atoms with Crippen molar-refractivity contribution in [2.45, 2.75) is 25.6 Å². The van der Waals surface area contributed by atoms with Crippen molar-refractivity contribution in [2.75, 3.05) is 0 Å². The molecule has 0 radical (unpaired) electrons. The molecule has 0 aromatic carbocycles. The molecule has 1 aromatic rings. The van der Waals surface area contributed by atoms with E-state index >= 15 is 0 Å². The molecule has 0 saturated heterocycles. The van der Waals surface area contributed by atoms with Crippen LogP contribution in [0.1, 0.15) is 18.3 Å². The first-order valence-corrected chi connectivity index (χ1v) is 4.16. The number of nitrogens with zero attached hydrogens (tertiary/aromatic N) is 2. The zero-order valence-corrected chi connectivity index (χ0v) is 7.97. The van der Waals surface area contributed by atoms with E-state index in [1.165, 1.54) is 11.7 Å². The van der Waals surface area contributed by atoms with Crippen LogP contribution in [0.5, 0.6) is 0 Å². The predicted octanol–water partition coefficient (Wildman–Crippen LogP) is 1.33. The maximum absolute atomic E-state index is 12.2. The monoisotopic (exact) mass is 207 g/mol. The summed E-state index contributed by atoms with van der Waals surface area (Å²) in [5.74, 6) is 0. The molecule has 2 N–H and O–H groups in total. The summed E-state index contributed by atoms with van der Waals surface area (Å²) in [7, 11) is 1.48. The lowest BCUT2D eigenvalue weighted by molar-refractivity contribution is -0.141. The van der Waals surface area contributed by atoms with Crippen molar-refractivity contribution in [3.8, 4) is 0 Å². The van der Waals surface area contributed by atoms with Gasteiger partial charge in [-0.3, -0.25) is 4.68 Å². The third kappa shape index (κ3) is 2.47. The Morgan fingerprint density at radius 3 is 2.50 bits per heavy atom. The Kier molecular flexibility index (Phi) is 2.84. The van der Waals surface area contributed by atoms with Gasteiger partial charge in [0.15, 0.2) is 5.69 Å². The van der Waals surface area contributed by atoms with Gasteiger partial charge < -0.3 is 5.73 Å². The highest BCUT2D eigenvalue weighted by atomic mass is 19.4. The second kappa shape index (κ2) is 3.61. The van der Waals surface area contributed by atoms with Gasteiger partial charge >= 0.3 is 6.18 Å². The second-order valence-corrected chi connectivity index (χ2v) is 3.32. The minimum atomic E-state index is -4.38. The van der Waals surface area contributed by atoms with Gasteiger partial charge in [-0.25, -0.2) is 0 Å². The number of aryl methyl sites for hydroxylation is 1. The van der Waals surface area contributed by atoms with E-state index in [9.17, 15) is 13.2 Å². The predicted molar refractivity (Wildman–Crippen MR) is 45.6 cm³/mol. The molecular weight excluding hydrogens is 195 g/mol. The highest BCUT2D eigenvalue weighted by molar-refractivity contribution is 5.13. The number of hydrogen-bond acceptors (Lipinski definition) is 2. The summed E-state index contributed by atoms with van der Waals surface area (Å²) in [4.78, 5) is 0. The van der Waals surface area contributed by atoms with Gasteiger partial charge in [0.25, 0.3) is 0 Å². The van der Waals surface area contributed by atoms with Gasteiger partial charge in [0.1, 0.15) is 0 Å². The molecule has 1 heterocycles. The third-order valence-electron chi connectivity index (χ3n) is 1.80. The highest BCUT2D eigenvalue weighted by Crippen LogP contribution is 2.28. The smallest absolute Gasteiger partial charge is 0.328 e. The third-order valence-corrected chi connectivity index (χ3v) is 1.80. The van der Waals surface area contributed by atoms with Gasteiger partial charge in [0.05, 0.1) is 0 Å². The molecule has 1 aromatic heterocycles. The van der Waals surface area contributed by atoms with Crippen molar-refractivity contribution >= 4 is 0 Å². The molecule has 80 valence electrons. The molecule has 0 unspecified atom stereocenters. The lowest BCUT2D eigenvalue weighted by Crippen LogP contribution is -2.19. The molecule has 0 aliphatic carbocycles. The summed E-state index contributed by atoms with van der Waals surface area (Å²) in [5.41, 5.74) is 5.12. The molecule has 3 nitrogen and oxygen atoms in total. The minimum Gasteiger partial charge on any atom is -0.328 e. The molecule has 14 heavy (non-hydrogen) atoms. The van der Waals surface area contributed by atoms with Gasteiger partial charge in [-0.15, -0.1) is 0 Å². The van der Waals surface area contributed by atoms with Crippen molar-refractivity contribution in [1.82, 2.24) is 9.78 Å². The van der Waals surface area contributed by atoms with Gasteiger partial charge in [-0.05, 0) is 13.0 Å². The van der Waals surface area contributed by atoms with E-state index in [2.05, 4.69) is 5.10 Å². The standard InChI is InChI=1S/C8H12F3N3/c1-5(12)3-6-4-7(8(9,10)11)13-14(6)2/h4-5H,3,12H2,1-2H3/t5-/m1/s1. The first-order valence-electron chi connectivity index (χ1n) is 4.16. The lowest BCUT2D eigenvalue weighted by atomic mass is 10.2. The molecule has 0 amide bonds. The number of alkyl halides is 3. The van der Waals surface area contributed by atoms with Crippen molar-refractivity contribution in [2.24, 2.45) is 12.8 Å². The van der Waals surface area contributed by atoms with Gasteiger partial charge in [-0.1, -0.05) is 0 Å². The van der Waals surface area contributed by atoms with E-state index in [1.807, 2.05) is 0 Å². The number of aromatic nitrogens is 2. The molecule has 1 atom stereocenters. The van der Waals surface area contributed by atoms with Crippen LogP contribution in [-0.2, 0) is 19.6 Å². The van der Waals surface area contributed by atoms with Crippen molar-refractivity contribution < 1.29 is 13.2 Å². The van der Waals surface area contributed by atoms with Gasteiger partial charge in [0, 0.05) is 25.2 Å². The molecule has 0 bridgehead atoms. The van der Waals surface area contributed by atoms with E-state index < -0.39 is 11.9 Å². The van der Waals surface area contributed by atoms with E-state index in [1.54, 1.807) is 6.92 Å². The maximum atomic E-state index is 12.2. The van der Waals surface area contributed by atoms with Crippen molar-refractivity contribution in [3.63, 3.8) is 0 Å². The molecule has 6 heteroatoms. The lowest BCUT2D eigenvalue weighted by Gasteiger charge is -2.03. The van der Waals surface area contributed by atoms with Crippen LogP contribution in [-0.4, -0.2) is 15.8 Å². The Morgan fingerprint density at radius 2 is 2.14 bits per heavy atom. The number of hydrogen-bond donors (Lipinski definition) is 1. The van der Waals surface area contributed by atoms with Crippen LogP contribution in [0.3, 0.4) is 0 Å². The fraction of sp³-hybridized carbons (Fsp3) is 0.625. The second-order valence-electron chi connectivity index (χ2n) is 3.32. The number of rotatable bonds is 2. The molecule has 0 saturated carbocycles. The minimum absolute atomic E-state index is 0.175. The molecule has 0 fully saturated rings. The van der Waals surface area contributed by atoms with E-state index in [0.29, 0.717) is 12.1 Å². The summed E-state index contributed by atoms with van der Waals surface area (Å²) in [6.07, 6.45) is -3.99. The summed E-state index contributed by atoms with van der Waals surface area (Å²) >= 11 is 0. The van der Waals surface area contributed by atoms with Crippen LogP contribution in [0.2, 0.25) is 0 Å². The Hall–Kier alpha value is -1.04. The van der Waals surface area contributed by atoms with E-state index in [-0.39, 0.29) is 6.04 Å². The van der Waals surface area contributed by atoms with Crippen LogP contribution in [0, 0.1) is 0 Å². The topological polar surface area (TPSA) is 43.8 Å². The molecule has 0 aliphatic heterocycles. The van der Waals surface area contributed by atoms with E-state index in [0.717, 1.165) is 6.07 Å². The van der Waals surface area contributed by atoms with E-state index in [4.69, 9.17) is 5.73 Å².